The minimum absolute atomic E-state index is 0.0679. The van der Waals surface area contributed by atoms with Crippen LogP contribution in [0.15, 0.2) is 18.2 Å². The SMILES string of the molecule is Nc1nc2c(c(-c3ccc(Cl)cc3Cl)n1)CN(C(=O)NC1CCCC1)C2. The fraction of sp³-hybridized carbons (Fsp3) is 0.389. The van der Waals surface area contributed by atoms with Crippen LogP contribution in [-0.2, 0) is 13.1 Å². The monoisotopic (exact) mass is 391 g/mol. The molecule has 0 bridgehead atoms. The lowest BCUT2D eigenvalue weighted by Crippen LogP contribution is -2.41. The van der Waals surface area contributed by atoms with Crippen LogP contribution in [0.5, 0.6) is 0 Å². The highest BCUT2D eigenvalue weighted by molar-refractivity contribution is 6.36. The van der Waals surface area contributed by atoms with Crippen molar-refractivity contribution in [2.24, 2.45) is 0 Å². The van der Waals surface area contributed by atoms with Crippen LogP contribution in [0, 0.1) is 0 Å². The van der Waals surface area contributed by atoms with Crippen molar-refractivity contribution in [3.8, 4) is 11.3 Å². The van der Waals surface area contributed by atoms with E-state index < -0.39 is 0 Å². The summed E-state index contributed by atoms with van der Waals surface area (Å²) in [6.45, 7) is 0.848. The van der Waals surface area contributed by atoms with E-state index in [-0.39, 0.29) is 18.0 Å². The van der Waals surface area contributed by atoms with E-state index in [0.29, 0.717) is 28.8 Å². The molecule has 0 unspecified atom stereocenters. The maximum Gasteiger partial charge on any atom is 0.318 e. The number of carbonyl (C=O) groups is 1. The number of amides is 2. The normalized spacial score (nSPS) is 16.8. The molecule has 2 aliphatic rings. The first kappa shape index (κ1) is 17.4. The number of nitrogens with zero attached hydrogens (tertiary/aromatic N) is 3. The summed E-state index contributed by atoms with van der Waals surface area (Å²) in [6.07, 6.45) is 4.44. The summed E-state index contributed by atoms with van der Waals surface area (Å²) >= 11 is 12.3. The molecule has 1 saturated carbocycles. The van der Waals surface area contributed by atoms with Gasteiger partial charge in [-0.3, -0.25) is 0 Å². The number of nitrogen functional groups attached to an aromatic ring is 1. The van der Waals surface area contributed by atoms with E-state index in [9.17, 15) is 4.79 Å². The third kappa shape index (κ3) is 3.31. The molecule has 1 aromatic carbocycles. The average molecular weight is 392 g/mol. The van der Waals surface area contributed by atoms with Crippen LogP contribution >= 0.6 is 23.2 Å². The fourth-order valence-corrected chi connectivity index (χ4v) is 4.16. The Balaban J connectivity index is 1.62. The Kier molecular flexibility index (Phi) is 4.63. The zero-order valence-corrected chi connectivity index (χ0v) is 15.6. The topological polar surface area (TPSA) is 84.1 Å². The molecule has 0 atom stereocenters. The lowest BCUT2D eigenvalue weighted by Gasteiger charge is -2.19. The molecule has 0 spiro atoms. The number of nitrogens with one attached hydrogen (secondary N) is 1. The van der Waals surface area contributed by atoms with Gasteiger partial charge in [-0.2, -0.15) is 0 Å². The maximum atomic E-state index is 12.6. The van der Waals surface area contributed by atoms with Gasteiger partial charge in [-0.05, 0) is 31.0 Å². The number of hydrogen-bond donors (Lipinski definition) is 2. The molecule has 26 heavy (non-hydrogen) atoms. The summed E-state index contributed by atoms with van der Waals surface area (Å²) in [6, 6.07) is 5.44. The van der Waals surface area contributed by atoms with Crippen molar-refractivity contribution in [3.05, 3.63) is 39.5 Å². The summed E-state index contributed by atoms with van der Waals surface area (Å²) in [5.41, 5.74) is 8.93. The Morgan fingerprint density at radius 2 is 1.96 bits per heavy atom. The van der Waals surface area contributed by atoms with Crippen molar-refractivity contribution < 1.29 is 4.79 Å². The van der Waals surface area contributed by atoms with E-state index in [1.807, 2.05) is 6.07 Å². The lowest BCUT2D eigenvalue weighted by atomic mass is 10.1. The van der Waals surface area contributed by atoms with Crippen molar-refractivity contribution in [3.63, 3.8) is 0 Å². The molecule has 0 saturated heterocycles. The smallest absolute Gasteiger partial charge is 0.318 e. The van der Waals surface area contributed by atoms with Crippen LogP contribution in [0.4, 0.5) is 10.7 Å². The first-order valence-electron chi connectivity index (χ1n) is 8.67. The van der Waals surface area contributed by atoms with Gasteiger partial charge in [0.25, 0.3) is 0 Å². The number of anilines is 1. The summed E-state index contributed by atoms with van der Waals surface area (Å²) in [4.78, 5) is 23.1. The van der Waals surface area contributed by atoms with Crippen molar-refractivity contribution in [1.29, 1.82) is 0 Å². The average Bonchev–Trinajstić information content (AvgIpc) is 3.23. The molecule has 2 amide bonds. The molecule has 6 nitrogen and oxygen atoms in total. The van der Waals surface area contributed by atoms with Crippen molar-refractivity contribution in [1.82, 2.24) is 20.2 Å². The van der Waals surface area contributed by atoms with Crippen molar-refractivity contribution in [2.75, 3.05) is 5.73 Å². The molecule has 2 aromatic rings. The molecule has 0 radical (unpaired) electrons. The van der Waals surface area contributed by atoms with Gasteiger partial charge in [-0.1, -0.05) is 36.0 Å². The van der Waals surface area contributed by atoms with Crippen molar-refractivity contribution in [2.45, 2.75) is 44.8 Å². The first-order chi connectivity index (χ1) is 12.5. The molecule has 3 N–H and O–H groups in total. The number of hydrogen-bond acceptors (Lipinski definition) is 4. The predicted molar refractivity (Wildman–Crippen MR) is 102 cm³/mol. The minimum atomic E-state index is -0.0679. The van der Waals surface area contributed by atoms with Gasteiger partial charge < -0.3 is 16.0 Å². The number of nitrogens with two attached hydrogens (primary N) is 1. The highest BCUT2D eigenvalue weighted by Gasteiger charge is 2.30. The Morgan fingerprint density at radius 1 is 1.19 bits per heavy atom. The largest absolute Gasteiger partial charge is 0.368 e. The molecular formula is C18H19Cl2N5O. The van der Waals surface area contributed by atoms with Crippen LogP contribution in [0.2, 0.25) is 10.0 Å². The van der Waals surface area contributed by atoms with Gasteiger partial charge in [0.15, 0.2) is 0 Å². The highest BCUT2D eigenvalue weighted by atomic mass is 35.5. The van der Waals surface area contributed by atoms with Crippen LogP contribution in [-0.4, -0.2) is 26.9 Å². The Bertz CT molecular complexity index is 867. The summed E-state index contributed by atoms with van der Waals surface area (Å²) < 4.78 is 0. The van der Waals surface area contributed by atoms with Crippen LogP contribution < -0.4 is 11.1 Å². The second-order valence-corrected chi connectivity index (χ2v) is 7.61. The van der Waals surface area contributed by atoms with Gasteiger partial charge >= 0.3 is 6.03 Å². The lowest BCUT2D eigenvalue weighted by molar-refractivity contribution is 0.194. The van der Waals surface area contributed by atoms with Crippen LogP contribution in [0.3, 0.4) is 0 Å². The second kappa shape index (κ2) is 6.93. The Morgan fingerprint density at radius 3 is 2.69 bits per heavy atom. The highest BCUT2D eigenvalue weighted by Crippen LogP contribution is 2.36. The molecule has 2 heterocycles. The minimum Gasteiger partial charge on any atom is -0.368 e. The summed E-state index contributed by atoms with van der Waals surface area (Å²) in [5.74, 6) is 0.169. The molecule has 1 aromatic heterocycles. The van der Waals surface area contributed by atoms with E-state index >= 15 is 0 Å². The molecular weight excluding hydrogens is 373 g/mol. The fourth-order valence-electron chi connectivity index (χ4n) is 3.66. The number of rotatable bonds is 2. The van der Waals surface area contributed by atoms with Gasteiger partial charge in [-0.15, -0.1) is 0 Å². The van der Waals surface area contributed by atoms with E-state index in [4.69, 9.17) is 28.9 Å². The van der Waals surface area contributed by atoms with Crippen LogP contribution in [0.1, 0.15) is 36.9 Å². The van der Waals surface area contributed by atoms with Gasteiger partial charge in [0.2, 0.25) is 5.95 Å². The van der Waals surface area contributed by atoms with Crippen LogP contribution in [0.25, 0.3) is 11.3 Å². The van der Waals surface area contributed by atoms with Gasteiger partial charge in [0.1, 0.15) is 0 Å². The number of urea groups is 1. The molecule has 1 aliphatic heterocycles. The second-order valence-electron chi connectivity index (χ2n) is 6.77. The van der Waals surface area contributed by atoms with Gasteiger partial charge in [0, 0.05) is 22.2 Å². The zero-order valence-electron chi connectivity index (χ0n) is 14.1. The Hall–Kier alpha value is -2.05. The summed E-state index contributed by atoms with van der Waals surface area (Å²) in [5, 5.41) is 4.16. The van der Waals surface area contributed by atoms with E-state index in [0.717, 1.165) is 29.7 Å². The predicted octanol–water partition coefficient (Wildman–Crippen LogP) is 4.00. The first-order valence-corrected chi connectivity index (χ1v) is 9.43. The number of carbonyl (C=O) groups excluding carboxylic acids is 1. The molecule has 1 fully saturated rings. The third-order valence-corrected chi connectivity index (χ3v) is 5.50. The molecule has 8 heteroatoms. The third-order valence-electron chi connectivity index (χ3n) is 4.96. The number of aromatic nitrogens is 2. The molecule has 1 aliphatic carbocycles. The molecule has 136 valence electrons. The standard InChI is InChI=1S/C18H19Cl2N5O/c19-10-5-6-12(14(20)7-10)16-13-8-25(9-15(13)23-17(21)24-16)18(26)22-11-3-1-2-4-11/h5-7,11H,1-4,8-9H2,(H,22,26)(H2,21,23,24). The zero-order chi connectivity index (χ0) is 18.3. The number of benzene rings is 1. The number of fused-ring (bicyclic) bond motifs is 1. The van der Waals surface area contributed by atoms with Gasteiger partial charge in [-0.25, -0.2) is 14.8 Å². The number of halogens is 2. The molecule has 4 rings (SSSR count). The summed E-state index contributed by atoms with van der Waals surface area (Å²) in [7, 11) is 0. The van der Waals surface area contributed by atoms with E-state index in [1.54, 1.807) is 17.0 Å². The Labute approximate surface area is 161 Å². The van der Waals surface area contributed by atoms with E-state index in [2.05, 4.69) is 15.3 Å². The van der Waals surface area contributed by atoms with Crippen molar-refractivity contribution >= 4 is 35.2 Å². The quantitative estimate of drug-likeness (QED) is 0.809. The maximum absolute atomic E-state index is 12.6. The van der Waals surface area contributed by atoms with E-state index in [1.165, 1.54) is 12.8 Å². The van der Waals surface area contributed by atoms with Gasteiger partial charge in [0.05, 0.1) is 29.5 Å².